The average molecular weight is 409 g/mol. The van der Waals surface area contributed by atoms with Crippen LogP contribution in [0.1, 0.15) is 18.4 Å². The van der Waals surface area contributed by atoms with Crippen molar-refractivity contribution in [1.29, 1.82) is 0 Å². The number of carbonyl (C=O) groups is 2. The number of piperidine rings is 1. The Morgan fingerprint density at radius 3 is 2.36 bits per heavy atom. The molecule has 2 heterocycles. The number of benzene rings is 1. The zero-order valence-electron chi connectivity index (χ0n) is 16.4. The minimum absolute atomic E-state index is 0.0219. The molecule has 2 saturated heterocycles. The number of amides is 2. The highest BCUT2D eigenvalue weighted by molar-refractivity contribution is 7.89. The first-order valence-electron chi connectivity index (χ1n) is 9.58. The van der Waals surface area contributed by atoms with E-state index in [2.05, 4.69) is 5.32 Å². The van der Waals surface area contributed by atoms with E-state index in [9.17, 15) is 18.0 Å². The lowest BCUT2D eigenvalue weighted by molar-refractivity contribution is -0.135. The summed E-state index contributed by atoms with van der Waals surface area (Å²) in [4.78, 5) is 27.8. The number of sulfonamides is 1. The first kappa shape index (κ1) is 20.8. The van der Waals surface area contributed by atoms with Crippen molar-refractivity contribution in [3.05, 3.63) is 29.8 Å². The smallest absolute Gasteiger partial charge is 0.243 e. The maximum atomic E-state index is 12.7. The van der Waals surface area contributed by atoms with Crippen LogP contribution in [0, 0.1) is 6.92 Å². The normalized spacial score (nSPS) is 20.4. The van der Waals surface area contributed by atoms with Crippen LogP contribution in [0.2, 0.25) is 0 Å². The van der Waals surface area contributed by atoms with Crippen molar-refractivity contribution in [3.63, 3.8) is 0 Å². The van der Waals surface area contributed by atoms with Gasteiger partial charge in [0, 0.05) is 39.3 Å². The molecule has 2 fully saturated rings. The second-order valence-electron chi connectivity index (χ2n) is 7.58. The largest absolute Gasteiger partial charge is 0.352 e. The molecule has 0 saturated carbocycles. The molecule has 1 aromatic carbocycles. The molecule has 1 N–H and O–H groups in total. The van der Waals surface area contributed by atoms with Gasteiger partial charge in [-0.2, -0.15) is 4.31 Å². The lowest BCUT2D eigenvalue weighted by Gasteiger charge is -2.33. The quantitative estimate of drug-likeness (QED) is 0.743. The van der Waals surface area contributed by atoms with E-state index in [4.69, 9.17) is 0 Å². The predicted octanol–water partition coefficient (Wildman–Crippen LogP) is 0.0383. The molecular formula is C19H28N4O4S. The van der Waals surface area contributed by atoms with Crippen molar-refractivity contribution in [2.75, 3.05) is 46.3 Å². The fourth-order valence-electron chi connectivity index (χ4n) is 3.52. The minimum Gasteiger partial charge on any atom is -0.352 e. The van der Waals surface area contributed by atoms with Gasteiger partial charge in [0.15, 0.2) is 0 Å². The molecule has 9 heteroatoms. The third-order valence-corrected chi connectivity index (χ3v) is 7.29. The second-order valence-corrected chi connectivity index (χ2v) is 9.52. The Bertz CT molecular complexity index is 817. The highest BCUT2D eigenvalue weighted by atomic mass is 32.2. The highest BCUT2D eigenvalue weighted by Gasteiger charge is 2.30. The standard InChI is InChI=1S/C19H28N4O4S/c1-15-3-5-17(6-4-15)28(26,27)23-9-7-16(8-10-23)20-18(24)13-22-12-11-21(2)19(25)14-22/h3-6,16H,7-14H2,1-2H3,(H,20,24). The maximum absolute atomic E-state index is 12.7. The van der Waals surface area contributed by atoms with Crippen LogP contribution >= 0.6 is 0 Å². The van der Waals surface area contributed by atoms with Gasteiger partial charge >= 0.3 is 0 Å². The van der Waals surface area contributed by atoms with Crippen molar-refractivity contribution in [2.24, 2.45) is 0 Å². The third-order valence-electron chi connectivity index (χ3n) is 5.38. The van der Waals surface area contributed by atoms with E-state index in [1.807, 2.05) is 11.8 Å². The van der Waals surface area contributed by atoms with Gasteiger partial charge in [0.05, 0.1) is 18.0 Å². The molecule has 0 unspecified atom stereocenters. The average Bonchev–Trinajstić information content (AvgIpc) is 2.65. The van der Waals surface area contributed by atoms with E-state index < -0.39 is 10.0 Å². The number of likely N-dealkylation sites (N-methyl/N-ethyl adjacent to an activating group) is 1. The second kappa shape index (κ2) is 8.59. The van der Waals surface area contributed by atoms with Gasteiger partial charge in [-0.25, -0.2) is 8.42 Å². The zero-order chi connectivity index (χ0) is 20.3. The molecular weight excluding hydrogens is 380 g/mol. The van der Waals surface area contributed by atoms with Gasteiger partial charge in [-0.3, -0.25) is 14.5 Å². The highest BCUT2D eigenvalue weighted by Crippen LogP contribution is 2.21. The molecule has 154 valence electrons. The van der Waals surface area contributed by atoms with Crippen molar-refractivity contribution in [1.82, 2.24) is 19.4 Å². The van der Waals surface area contributed by atoms with Gasteiger partial charge in [0.25, 0.3) is 0 Å². The summed E-state index contributed by atoms with van der Waals surface area (Å²) in [5, 5.41) is 2.98. The van der Waals surface area contributed by atoms with Crippen LogP contribution in [0.5, 0.6) is 0 Å². The van der Waals surface area contributed by atoms with Crippen molar-refractivity contribution < 1.29 is 18.0 Å². The SMILES string of the molecule is Cc1ccc(S(=O)(=O)N2CCC(NC(=O)CN3CCN(C)C(=O)C3)CC2)cc1. The molecule has 0 radical (unpaired) electrons. The third kappa shape index (κ3) is 4.89. The lowest BCUT2D eigenvalue weighted by atomic mass is 10.1. The topological polar surface area (TPSA) is 90.0 Å². The van der Waals surface area contributed by atoms with Crippen LogP contribution in [0.3, 0.4) is 0 Å². The van der Waals surface area contributed by atoms with Crippen LogP contribution in [-0.4, -0.2) is 86.7 Å². The van der Waals surface area contributed by atoms with Crippen molar-refractivity contribution in [2.45, 2.75) is 30.7 Å². The number of nitrogens with zero attached hydrogens (tertiary/aromatic N) is 3. The Morgan fingerprint density at radius 1 is 1.11 bits per heavy atom. The lowest BCUT2D eigenvalue weighted by Crippen LogP contribution is -2.53. The Kier molecular flexibility index (Phi) is 6.36. The van der Waals surface area contributed by atoms with Crippen LogP contribution in [0.4, 0.5) is 0 Å². The van der Waals surface area contributed by atoms with Gasteiger partial charge in [-0.05, 0) is 31.9 Å². The number of hydrogen-bond acceptors (Lipinski definition) is 5. The number of piperazine rings is 1. The van der Waals surface area contributed by atoms with E-state index in [0.29, 0.717) is 43.9 Å². The summed E-state index contributed by atoms with van der Waals surface area (Å²) in [5.74, 6) is -0.0918. The van der Waals surface area contributed by atoms with Crippen LogP contribution in [-0.2, 0) is 19.6 Å². The van der Waals surface area contributed by atoms with Crippen molar-refractivity contribution in [3.8, 4) is 0 Å². The maximum Gasteiger partial charge on any atom is 0.243 e. The Balaban J connectivity index is 1.48. The molecule has 3 rings (SSSR count). The van der Waals surface area contributed by atoms with Crippen LogP contribution < -0.4 is 5.32 Å². The molecule has 0 aromatic heterocycles. The number of carbonyl (C=O) groups excluding carboxylic acids is 2. The number of rotatable bonds is 5. The summed E-state index contributed by atoms with van der Waals surface area (Å²) < 4.78 is 27.0. The van der Waals surface area contributed by atoms with Gasteiger partial charge in [-0.15, -0.1) is 0 Å². The van der Waals surface area contributed by atoms with E-state index in [1.165, 1.54) is 4.31 Å². The summed E-state index contributed by atoms with van der Waals surface area (Å²) in [6.07, 6.45) is 1.16. The van der Waals surface area contributed by atoms with Gasteiger partial charge in [-0.1, -0.05) is 17.7 Å². The van der Waals surface area contributed by atoms with E-state index in [1.54, 1.807) is 36.2 Å². The fourth-order valence-corrected chi connectivity index (χ4v) is 4.99. The molecule has 2 aliphatic heterocycles. The van der Waals surface area contributed by atoms with Crippen molar-refractivity contribution >= 4 is 21.8 Å². The molecule has 2 aliphatic rings. The summed E-state index contributed by atoms with van der Waals surface area (Å²) in [6, 6.07) is 6.82. The van der Waals surface area contributed by atoms with Crippen LogP contribution in [0.25, 0.3) is 0 Å². The summed E-state index contributed by atoms with van der Waals surface area (Å²) in [5.41, 5.74) is 1.02. The summed E-state index contributed by atoms with van der Waals surface area (Å²) in [6.45, 7) is 4.45. The summed E-state index contributed by atoms with van der Waals surface area (Å²) >= 11 is 0. The molecule has 28 heavy (non-hydrogen) atoms. The molecule has 2 amide bonds. The monoisotopic (exact) mass is 408 g/mol. The number of aryl methyl sites for hydroxylation is 1. The Labute approximate surface area is 166 Å². The zero-order valence-corrected chi connectivity index (χ0v) is 17.2. The first-order chi connectivity index (χ1) is 13.3. The molecule has 0 atom stereocenters. The predicted molar refractivity (Wildman–Crippen MR) is 105 cm³/mol. The number of hydrogen-bond donors (Lipinski definition) is 1. The Morgan fingerprint density at radius 2 is 1.75 bits per heavy atom. The molecule has 1 aromatic rings. The number of nitrogens with one attached hydrogen (secondary N) is 1. The van der Waals surface area contributed by atoms with E-state index in [-0.39, 0.29) is 30.9 Å². The Hall–Kier alpha value is -1.97. The fraction of sp³-hybridized carbons (Fsp3) is 0.579. The van der Waals surface area contributed by atoms with Gasteiger partial charge < -0.3 is 10.2 Å². The van der Waals surface area contributed by atoms with Gasteiger partial charge in [0.2, 0.25) is 21.8 Å². The van der Waals surface area contributed by atoms with E-state index >= 15 is 0 Å². The molecule has 0 bridgehead atoms. The van der Waals surface area contributed by atoms with Gasteiger partial charge in [0.1, 0.15) is 0 Å². The van der Waals surface area contributed by atoms with Crippen LogP contribution in [0.15, 0.2) is 29.2 Å². The molecule has 8 nitrogen and oxygen atoms in total. The molecule has 0 aliphatic carbocycles. The van der Waals surface area contributed by atoms with E-state index in [0.717, 1.165) is 5.56 Å². The molecule has 0 spiro atoms. The summed E-state index contributed by atoms with van der Waals surface area (Å²) in [7, 11) is -1.73. The minimum atomic E-state index is -3.49. The first-order valence-corrected chi connectivity index (χ1v) is 11.0.